The molecular weight excluding hydrogens is 212 g/mol. The van der Waals surface area contributed by atoms with Gasteiger partial charge in [-0.25, -0.2) is 0 Å². The Hall–Kier alpha value is -1.02. The van der Waals surface area contributed by atoms with Crippen LogP contribution in [0, 0.1) is 0 Å². The molecule has 0 aliphatic heterocycles. The van der Waals surface area contributed by atoms with Gasteiger partial charge in [-0.2, -0.15) is 0 Å². The van der Waals surface area contributed by atoms with Crippen LogP contribution in [0.4, 0.5) is 0 Å². The third kappa shape index (κ3) is 2.47. The zero-order valence-corrected chi connectivity index (χ0v) is 10.7. The molecule has 0 bridgehead atoms. The van der Waals surface area contributed by atoms with E-state index < -0.39 is 6.10 Å². The van der Waals surface area contributed by atoms with Gasteiger partial charge >= 0.3 is 0 Å². The molecule has 94 valence electrons. The van der Waals surface area contributed by atoms with E-state index in [1.165, 1.54) is 19.3 Å². The highest BCUT2D eigenvalue weighted by atomic mass is 16.3. The normalized spacial score (nSPS) is 21.1. The summed E-state index contributed by atoms with van der Waals surface area (Å²) < 4.78 is 0. The summed E-state index contributed by atoms with van der Waals surface area (Å²) in [4.78, 5) is 0. The number of aromatic hydroxyl groups is 1. The summed E-state index contributed by atoms with van der Waals surface area (Å²) in [6, 6.07) is 5.50. The van der Waals surface area contributed by atoms with Crippen LogP contribution in [0.25, 0.3) is 0 Å². The van der Waals surface area contributed by atoms with E-state index in [1.807, 2.05) is 6.07 Å². The fourth-order valence-electron chi connectivity index (χ4n) is 2.90. The van der Waals surface area contributed by atoms with Crippen LogP contribution in [0.3, 0.4) is 0 Å². The Morgan fingerprint density at radius 1 is 1.18 bits per heavy atom. The Labute approximate surface area is 103 Å². The van der Waals surface area contributed by atoms with Crippen LogP contribution >= 0.6 is 0 Å². The quantitative estimate of drug-likeness (QED) is 0.819. The van der Waals surface area contributed by atoms with Crippen molar-refractivity contribution >= 4 is 0 Å². The van der Waals surface area contributed by atoms with Gasteiger partial charge in [0.1, 0.15) is 5.75 Å². The van der Waals surface area contributed by atoms with E-state index in [0.717, 1.165) is 24.0 Å². The Morgan fingerprint density at radius 2 is 1.82 bits per heavy atom. The minimum absolute atomic E-state index is 0.0766. The van der Waals surface area contributed by atoms with E-state index in [9.17, 15) is 10.2 Å². The number of benzene rings is 1. The van der Waals surface area contributed by atoms with Gasteiger partial charge in [0, 0.05) is 5.56 Å². The molecule has 17 heavy (non-hydrogen) atoms. The van der Waals surface area contributed by atoms with Crippen molar-refractivity contribution in [3.63, 3.8) is 0 Å². The van der Waals surface area contributed by atoms with Gasteiger partial charge in [-0.15, -0.1) is 0 Å². The van der Waals surface area contributed by atoms with Crippen LogP contribution in [0.5, 0.6) is 5.75 Å². The van der Waals surface area contributed by atoms with Crippen molar-refractivity contribution in [2.45, 2.75) is 57.5 Å². The summed E-state index contributed by atoms with van der Waals surface area (Å²) in [5, 5.41) is 19.7. The molecule has 1 atom stereocenters. The fourth-order valence-corrected chi connectivity index (χ4v) is 2.90. The molecule has 0 amide bonds. The molecule has 2 N–H and O–H groups in total. The van der Waals surface area contributed by atoms with E-state index in [2.05, 4.69) is 6.92 Å². The van der Waals surface area contributed by atoms with Crippen molar-refractivity contribution in [2.24, 2.45) is 0 Å². The maximum absolute atomic E-state index is 10.1. The molecule has 1 unspecified atom stereocenters. The predicted molar refractivity (Wildman–Crippen MR) is 69.2 cm³/mol. The fraction of sp³-hybridized carbons (Fsp3) is 0.600. The summed E-state index contributed by atoms with van der Waals surface area (Å²) in [7, 11) is 0. The summed E-state index contributed by atoms with van der Waals surface area (Å²) in [6.45, 7) is 3.99. The first-order valence-corrected chi connectivity index (χ1v) is 6.54. The molecule has 1 aliphatic rings. The largest absolute Gasteiger partial charge is 0.508 e. The van der Waals surface area contributed by atoms with Crippen LogP contribution < -0.4 is 0 Å². The molecule has 2 rings (SSSR count). The maximum Gasteiger partial charge on any atom is 0.119 e. The molecule has 0 saturated heterocycles. The third-order valence-corrected chi connectivity index (χ3v) is 4.11. The van der Waals surface area contributed by atoms with E-state index in [4.69, 9.17) is 0 Å². The summed E-state index contributed by atoms with van der Waals surface area (Å²) in [5.41, 5.74) is 1.98. The van der Waals surface area contributed by atoms with E-state index in [0.29, 0.717) is 5.75 Å². The summed E-state index contributed by atoms with van der Waals surface area (Å²) in [6.07, 6.45) is 5.55. The standard InChI is InChI=1S/C15H22O2/c1-11(16)12-6-7-14(17)13(10-12)15(2)8-4-3-5-9-15/h6-7,10-11,16-17H,3-5,8-9H2,1-2H3. The van der Waals surface area contributed by atoms with Crippen molar-refractivity contribution < 1.29 is 10.2 Å². The van der Waals surface area contributed by atoms with Gasteiger partial charge < -0.3 is 10.2 Å². The molecule has 1 aromatic rings. The number of phenolic OH excluding ortho intramolecular Hbond substituents is 1. The van der Waals surface area contributed by atoms with E-state index in [1.54, 1.807) is 19.1 Å². The van der Waals surface area contributed by atoms with Crippen molar-refractivity contribution in [1.29, 1.82) is 0 Å². The number of aliphatic hydroxyl groups is 1. The lowest BCUT2D eigenvalue weighted by molar-refractivity contribution is 0.198. The van der Waals surface area contributed by atoms with Crippen molar-refractivity contribution in [1.82, 2.24) is 0 Å². The first kappa shape index (κ1) is 12.4. The highest BCUT2D eigenvalue weighted by Gasteiger charge is 2.31. The van der Waals surface area contributed by atoms with Crippen LogP contribution in [0.2, 0.25) is 0 Å². The minimum atomic E-state index is -0.471. The van der Waals surface area contributed by atoms with Crippen molar-refractivity contribution in [3.8, 4) is 5.75 Å². The van der Waals surface area contributed by atoms with Gasteiger partial charge in [0.25, 0.3) is 0 Å². The predicted octanol–water partition coefficient (Wildman–Crippen LogP) is 3.67. The molecule has 1 aliphatic carbocycles. The van der Waals surface area contributed by atoms with E-state index >= 15 is 0 Å². The average Bonchev–Trinajstić information content (AvgIpc) is 2.30. The molecule has 2 nitrogen and oxygen atoms in total. The van der Waals surface area contributed by atoms with Gasteiger partial charge in [-0.1, -0.05) is 32.3 Å². The van der Waals surface area contributed by atoms with Crippen LogP contribution in [-0.4, -0.2) is 10.2 Å². The second-order valence-corrected chi connectivity index (χ2v) is 5.57. The smallest absolute Gasteiger partial charge is 0.119 e. The lowest BCUT2D eigenvalue weighted by Crippen LogP contribution is -2.25. The van der Waals surface area contributed by atoms with Gasteiger partial charge in [-0.05, 0) is 42.9 Å². The maximum atomic E-state index is 10.1. The Balaban J connectivity index is 2.38. The highest BCUT2D eigenvalue weighted by Crippen LogP contribution is 2.43. The summed E-state index contributed by atoms with van der Waals surface area (Å²) in [5.74, 6) is 0.374. The summed E-state index contributed by atoms with van der Waals surface area (Å²) >= 11 is 0. The minimum Gasteiger partial charge on any atom is -0.508 e. The van der Waals surface area contributed by atoms with Gasteiger partial charge in [0.2, 0.25) is 0 Å². The first-order chi connectivity index (χ1) is 8.03. The zero-order chi connectivity index (χ0) is 12.5. The number of phenols is 1. The molecule has 1 saturated carbocycles. The molecule has 1 aromatic carbocycles. The van der Waals surface area contributed by atoms with Crippen LogP contribution in [0.15, 0.2) is 18.2 Å². The molecule has 0 radical (unpaired) electrons. The molecule has 2 heteroatoms. The SMILES string of the molecule is CC(O)c1ccc(O)c(C2(C)CCCCC2)c1. The average molecular weight is 234 g/mol. The van der Waals surface area contributed by atoms with Crippen molar-refractivity contribution in [2.75, 3.05) is 0 Å². The Bertz CT molecular complexity index is 390. The first-order valence-electron chi connectivity index (χ1n) is 6.54. The number of hydrogen-bond acceptors (Lipinski definition) is 2. The van der Waals surface area contributed by atoms with Gasteiger partial charge in [0.05, 0.1) is 6.10 Å². The monoisotopic (exact) mass is 234 g/mol. The van der Waals surface area contributed by atoms with Crippen LogP contribution in [0.1, 0.15) is 63.2 Å². The van der Waals surface area contributed by atoms with Gasteiger partial charge in [-0.3, -0.25) is 0 Å². The molecule has 0 spiro atoms. The lowest BCUT2D eigenvalue weighted by Gasteiger charge is -2.35. The highest BCUT2D eigenvalue weighted by molar-refractivity contribution is 5.42. The Kier molecular flexibility index (Phi) is 3.43. The Morgan fingerprint density at radius 3 is 2.41 bits per heavy atom. The number of rotatable bonds is 2. The van der Waals surface area contributed by atoms with Crippen molar-refractivity contribution in [3.05, 3.63) is 29.3 Å². The zero-order valence-electron chi connectivity index (χ0n) is 10.7. The lowest BCUT2D eigenvalue weighted by atomic mass is 9.70. The molecule has 0 heterocycles. The molecule has 0 aromatic heterocycles. The van der Waals surface area contributed by atoms with Gasteiger partial charge in [0.15, 0.2) is 0 Å². The molecule has 1 fully saturated rings. The second-order valence-electron chi connectivity index (χ2n) is 5.57. The molecular formula is C15H22O2. The second kappa shape index (κ2) is 4.69. The number of aliphatic hydroxyl groups excluding tert-OH is 1. The van der Waals surface area contributed by atoms with E-state index in [-0.39, 0.29) is 5.41 Å². The van der Waals surface area contributed by atoms with Crippen LogP contribution in [-0.2, 0) is 5.41 Å². The topological polar surface area (TPSA) is 40.5 Å². The number of hydrogen-bond donors (Lipinski definition) is 2. The third-order valence-electron chi connectivity index (χ3n) is 4.11.